The molecule has 0 bridgehead atoms. The number of benzene rings is 3. The van der Waals surface area contributed by atoms with E-state index in [4.69, 9.17) is 23.2 Å². The molecule has 1 atom stereocenters. The molecule has 0 aliphatic heterocycles. The standard InChI is InChI=1S/C30H23Cl2F2N3O/c1-17-7-18(9-24(34)8-17)10-28(30-25(3-2-6-35-30)19-11-21(31)14-22(32)12-19)37-29(38)13-20-16-36-27-5-4-23(33)15-26(20)27/h2-9,11-12,14-16,28,36H,10,13H2,1H3,(H,37,38)/t28-/m0/s1. The zero-order valence-electron chi connectivity index (χ0n) is 20.4. The Morgan fingerprint density at radius 3 is 2.55 bits per heavy atom. The highest BCUT2D eigenvalue weighted by atomic mass is 35.5. The summed E-state index contributed by atoms with van der Waals surface area (Å²) in [5, 5.41) is 4.66. The molecule has 0 saturated carbocycles. The molecule has 0 fully saturated rings. The first-order valence-corrected chi connectivity index (χ1v) is 12.7. The lowest BCUT2D eigenvalue weighted by atomic mass is 9.94. The van der Waals surface area contributed by atoms with Crippen molar-refractivity contribution in [1.82, 2.24) is 15.3 Å². The van der Waals surface area contributed by atoms with E-state index in [1.165, 1.54) is 24.3 Å². The van der Waals surface area contributed by atoms with Crippen molar-refractivity contribution in [2.75, 3.05) is 0 Å². The molecule has 2 heterocycles. The first kappa shape index (κ1) is 25.9. The van der Waals surface area contributed by atoms with Gasteiger partial charge in [0.25, 0.3) is 0 Å². The molecule has 5 rings (SSSR count). The second kappa shape index (κ2) is 10.9. The third kappa shape index (κ3) is 5.87. The van der Waals surface area contributed by atoms with Gasteiger partial charge in [0.15, 0.2) is 0 Å². The predicted molar refractivity (Wildman–Crippen MR) is 147 cm³/mol. The molecular formula is C30H23Cl2F2N3O. The maximum absolute atomic E-state index is 14.2. The van der Waals surface area contributed by atoms with Crippen LogP contribution in [-0.2, 0) is 17.6 Å². The summed E-state index contributed by atoms with van der Waals surface area (Å²) in [4.78, 5) is 21.0. The number of H-pyrrole nitrogens is 1. The lowest BCUT2D eigenvalue weighted by Gasteiger charge is -2.22. The van der Waals surface area contributed by atoms with E-state index >= 15 is 0 Å². The van der Waals surface area contributed by atoms with Crippen LogP contribution in [0.5, 0.6) is 0 Å². The minimum Gasteiger partial charge on any atom is -0.361 e. The van der Waals surface area contributed by atoms with Gasteiger partial charge >= 0.3 is 0 Å². The van der Waals surface area contributed by atoms with E-state index in [2.05, 4.69) is 15.3 Å². The number of fused-ring (bicyclic) bond motifs is 1. The summed E-state index contributed by atoms with van der Waals surface area (Å²) < 4.78 is 28.1. The molecule has 2 aromatic heterocycles. The number of nitrogens with one attached hydrogen (secondary N) is 2. The third-order valence-corrected chi connectivity index (χ3v) is 6.74. The average Bonchev–Trinajstić information content (AvgIpc) is 3.24. The van der Waals surface area contributed by atoms with Gasteiger partial charge in [-0.3, -0.25) is 9.78 Å². The predicted octanol–water partition coefficient (Wildman–Crippen LogP) is 7.77. The van der Waals surface area contributed by atoms with Crippen LogP contribution < -0.4 is 5.32 Å². The lowest BCUT2D eigenvalue weighted by Crippen LogP contribution is -2.32. The number of carbonyl (C=O) groups excluding carboxylic acids is 1. The number of amides is 1. The van der Waals surface area contributed by atoms with E-state index in [0.717, 1.165) is 22.2 Å². The van der Waals surface area contributed by atoms with Crippen molar-refractivity contribution in [3.05, 3.63) is 123 Å². The minimum atomic E-state index is -0.598. The molecule has 0 aliphatic rings. The first-order valence-electron chi connectivity index (χ1n) is 12.0. The summed E-state index contributed by atoms with van der Waals surface area (Å²) in [6, 6.07) is 17.5. The average molecular weight is 550 g/mol. The molecule has 192 valence electrons. The van der Waals surface area contributed by atoms with Crippen molar-refractivity contribution >= 4 is 40.0 Å². The van der Waals surface area contributed by atoms with E-state index in [-0.39, 0.29) is 24.0 Å². The van der Waals surface area contributed by atoms with Crippen molar-refractivity contribution < 1.29 is 13.6 Å². The van der Waals surface area contributed by atoms with Crippen molar-refractivity contribution in [3.8, 4) is 11.1 Å². The number of carbonyl (C=O) groups is 1. The van der Waals surface area contributed by atoms with E-state index in [0.29, 0.717) is 38.7 Å². The largest absolute Gasteiger partial charge is 0.361 e. The van der Waals surface area contributed by atoms with Crippen LogP contribution in [0.1, 0.15) is 28.4 Å². The van der Waals surface area contributed by atoms with Crippen molar-refractivity contribution in [2.45, 2.75) is 25.8 Å². The Balaban J connectivity index is 1.52. The van der Waals surface area contributed by atoms with E-state index < -0.39 is 6.04 Å². The second-order valence-corrected chi connectivity index (χ2v) is 10.1. The number of hydrogen-bond donors (Lipinski definition) is 2. The summed E-state index contributed by atoms with van der Waals surface area (Å²) in [6.45, 7) is 1.82. The van der Waals surface area contributed by atoms with Crippen molar-refractivity contribution in [2.24, 2.45) is 0 Å². The molecule has 0 aliphatic carbocycles. The number of nitrogens with zero attached hydrogens (tertiary/aromatic N) is 1. The van der Waals surface area contributed by atoms with E-state index in [1.54, 1.807) is 42.7 Å². The van der Waals surface area contributed by atoms with Gasteiger partial charge < -0.3 is 10.3 Å². The maximum Gasteiger partial charge on any atom is 0.225 e. The van der Waals surface area contributed by atoms with E-state index in [9.17, 15) is 13.6 Å². The van der Waals surface area contributed by atoms with Crippen LogP contribution in [0.15, 0.2) is 79.1 Å². The first-order chi connectivity index (χ1) is 18.2. The molecule has 38 heavy (non-hydrogen) atoms. The summed E-state index contributed by atoms with van der Waals surface area (Å²) in [5.74, 6) is -1.01. The van der Waals surface area contributed by atoms with Gasteiger partial charge in [0.05, 0.1) is 18.2 Å². The number of hydrogen-bond acceptors (Lipinski definition) is 2. The zero-order chi connectivity index (χ0) is 26.8. The van der Waals surface area contributed by atoms with Crippen molar-refractivity contribution in [1.29, 1.82) is 0 Å². The fourth-order valence-corrected chi connectivity index (χ4v) is 5.27. The number of aromatic nitrogens is 2. The van der Waals surface area contributed by atoms with Crippen molar-refractivity contribution in [3.63, 3.8) is 0 Å². The van der Waals surface area contributed by atoms with Crippen LogP contribution >= 0.6 is 23.2 Å². The number of pyridine rings is 1. The topological polar surface area (TPSA) is 57.8 Å². The Labute approximate surface area is 228 Å². The maximum atomic E-state index is 14.2. The van der Waals surface area contributed by atoms with Crippen LogP contribution in [0.25, 0.3) is 22.0 Å². The van der Waals surface area contributed by atoms with Gasteiger partial charge in [-0.15, -0.1) is 0 Å². The number of aryl methyl sites for hydroxylation is 1. The molecular weight excluding hydrogens is 527 g/mol. The number of aromatic amines is 1. The fraction of sp³-hybridized carbons (Fsp3) is 0.133. The fourth-order valence-electron chi connectivity index (χ4n) is 4.75. The molecule has 0 unspecified atom stereocenters. The normalized spacial score (nSPS) is 12.0. The molecule has 3 aromatic carbocycles. The number of halogens is 4. The molecule has 1 amide bonds. The Kier molecular flexibility index (Phi) is 7.45. The van der Waals surface area contributed by atoms with Gasteiger partial charge in [0.1, 0.15) is 11.6 Å². The van der Waals surface area contributed by atoms with Gasteiger partial charge in [-0.2, -0.15) is 0 Å². The molecule has 4 nitrogen and oxygen atoms in total. The Bertz CT molecular complexity index is 1610. The molecule has 2 N–H and O–H groups in total. The Morgan fingerprint density at radius 2 is 1.79 bits per heavy atom. The smallest absolute Gasteiger partial charge is 0.225 e. The minimum absolute atomic E-state index is 0.0211. The Hall–Kier alpha value is -3.74. The van der Waals surface area contributed by atoms with Crippen LogP contribution in [0.2, 0.25) is 10.0 Å². The SMILES string of the molecule is Cc1cc(F)cc(C[C@H](NC(=O)Cc2c[nH]c3ccc(F)cc23)c2ncccc2-c2cc(Cl)cc(Cl)c2)c1. The third-order valence-electron chi connectivity index (χ3n) is 6.30. The Morgan fingerprint density at radius 1 is 1.00 bits per heavy atom. The summed E-state index contributed by atoms with van der Waals surface area (Å²) in [5.41, 5.74) is 4.96. The highest BCUT2D eigenvalue weighted by Gasteiger charge is 2.22. The molecule has 5 aromatic rings. The second-order valence-electron chi connectivity index (χ2n) is 9.24. The van der Waals surface area contributed by atoms with Crippen LogP contribution in [0, 0.1) is 18.6 Å². The zero-order valence-corrected chi connectivity index (χ0v) is 21.9. The van der Waals surface area contributed by atoms with Gasteiger partial charge in [-0.05, 0) is 90.2 Å². The molecule has 8 heteroatoms. The van der Waals surface area contributed by atoms with Gasteiger partial charge in [0.2, 0.25) is 5.91 Å². The van der Waals surface area contributed by atoms with E-state index in [1.807, 2.05) is 19.1 Å². The number of rotatable bonds is 7. The van der Waals surface area contributed by atoms with Crippen LogP contribution in [0.4, 0.5) is 8.78 Å². The summed E-state index contributed by atoms with van der Waals surface area (Å²) in [7, 11) is 0. The highest BCUT2D eigenvalue weighted by Crippen LogP contribution is 2.33. The summed E-state index contributed by atoms with van der Waals surface area (Å²) >= 11 is 12.5. The molecule has 0 saturated heterocycles. The monoisotopic (exact) mass is 549 g/mol. The molecule has 0 radical (unpaired) electrons. The quantitative estimate of drug-likeness (QED) is 0.218. The van der Waals surface area contributed by atoms with Gasteiger partial charge in [-0.1, -0.05) is 35.3 Å². The highest BCUT2D eigenvalue weighted by molar-refractivity contribution is 6.35. The summed E-state index contributed by atoms with van der Waals surface area (Å²) in [6.07, 6.45) is 3.66. The van der Waals surface area contributed by atoms with Crippen LogP contribution in [-0.4, -0.2) is 15.9 Å². The van der Waals surface area contributed by atoms with Crippen LogP contribution in [0.3, 0.4) is 0 Å². The molecule has 0 spiro atoms. The van der Waals surface area contributed by atoms with Gasteiger partial charge in [0, 0.05) is 38.9 Å². The van der Waals surface area contributed by atoms with Gasteiger partial charge in [-0.25, -0.2) is 8.78 Å². The lowest BCUT2D eigenvalue weighted by molar-refractivity contribution is -0.121.